The van der Waals surface area contributed by atoms with Crippen LogP contribution in [0.25, 0.3) is 0 Å². The van der Waals surface area contributed by atoms with Gasteiger partial charge in [0.05, 0.1) is 18.9 Å². The first kappa shape index (κ1) is 23.3. The van der Waals surface area contributed by atoms with E-state index in [9.17, 15) is 22.8 Å². The predicted molar refractivity (Wildman–Crippen MR) is 109 cm³/mol. The molecule has 1 saturated heterocycles. The van der Waals surface area contributed by atoms with E-state index < -0.39 is 18.0 Å². The van der Waals surface area contributed by atoms with Crippen molar-refractivity contribution in [1.82, 2.24) is 10.2 Å². The fourth-order valence-corrected chi connectivity index (χ4v) is 3.39. The molecule has 0 spiro atoms. The highest BCUT2D eigenvalue weighted by Gasteiger charge is 2.31. The highest BCUT2D eigenvalue weighted by Crippen LogP contribution is 2.24. The number of ether oxygens (including phenoxy) is 2. The molecule has 2 heterocycles. The molecule has 0 radical (unpaired) electrons. The predicted octanol–water partition coefficient (Wildman–Crippen LogP) is 3.34. The lowest BCUT2D eigenvalue weighted by Crippen LogP contribution is -2.37. The molecule has 1 amide bonds. The molecule has 0 unspecified atom stereocenters. The van der Waals surface area contributed by atoms with Gasteiger partial charge in [0.2, 0.25) is 5.91 Å². The third-order valence-electron chi connectivity index (χ3n) is 4.85. The van der Waals surface area contributed by atoms with E-state index in [2.05, 4.69) is 20.3 Å². The summed E-state index contributed by atoms with van der Waals surface area (Å²) in [4.78, 5) is 26.1. The molecule has 11 heteroatoms. The fraction of sp³-hybridized carbons (Fsp3) is 0.429. The number of anilines is 2. The summed E-state index contributed by atoms with van der Waals surface area (Å²) >= 11 is 0. The van der Waals surface area contributed by atoms with Gasteiger partial charge in [-0.1, -0.05) is 12.1 Å². The van der Waals surface area contributed by atoms with Crippen LogP contribution < -0.4 is 15.0 Å². The van der Waals surface area contributed by atoms with Crippen LogP contribution in [0.15, 0.2) is 36.4 Å². The number of piperidine rings is 1. The minimum Gasteiger partial charge on any atom is -0.466 e. The normalized spacial score (nSPS) is 14.7. The lowest BCUT2D eigenvalue weighted by Gasteiger charge is -2.31. The zero-order chi connectivity index (χ0) is 23.1. The Kier molecular flexibility index (Phi) is 7.49. The molecule has 1 fully saturated rings. The van der Waals surface area contributed by atoms with Crippen LogP contribution in [0.4, 0.5) is 24.8 Å². The van der Waals surface area contributed by atoms with Crippen molar-refractivity contribution in [2.24, 2.45) is 5.92 Å². The van der Waals surface area contributed by atoms with Gasteiger partial charge in [0, 0.05) is 13.1 Å². The first-order valence-corrected chi connectivity index (χ1v) is 10.1. The van der Waals surface area contributed by atoms with Crippen LogP contribution >= 0.6 is 0 Å². The van der Waals surface area contributed by atoms with Gasteiger partial charge in [0.25, 0.3) is 0 Å². The molecule has 3 rings (SSSR count). The van der Waals surface area contributed by atoms with E-state index in [1.807, 2.05) is 4.90 Å². The highest BCUT2D eigenvalue weighted by atomic mass is 19.4. The Hall–Kier alpha value is -3.37. The summed E-state index contributed by atoms with van der Waals surface area (Å²) in [6.07, 6.45) is -3.63. The number of alkyl halides is 3. The minimum atomic E-state index is -4.80. The molecule has 172 valence electrons. The van der Waals surface area contributed by atoms with Gasteiger partial charge >= 0.3 is 12.3 Å². The lowest BCUT2D eigenvalue weighted by atomic mass is 9.97. The van der Waals surface area contributed by atoms with Gasteiger partial charge in [-0.25, -0.2) is 0 Å². The molecular formula is C21H23F3N4O4. The summed E-state index contributed by atoms with van der Waals surface area (Å²) in [6.45, 7) is 3.42. The number of hydrogen-bond acceptors (Lipinski definition) is 7. The van der Waals surface area contributed by atoms with E-state index in [1.165, 1.54) is 12.1 Å². The third-order valence-corrected chi connectivity index (χ3v) is 4.85. The Balaban J connectivity index is 1.51. The molecule has 1 aliphatic heterocycles. The maximum absolute atomic E-state index is 12.3. The van der Waals surface area contributed by atoms with Crippen molar-refractivity contribution in [3.8, 4) is 5.75 Å². The average Bonchev–Trinajstić information content (AvgIpc) is 2.73. The number of carbonyl (C=O) groups excluding carboxylic acids is 2. The van der Waals surface area contributed by atoms with Crippen LogP contribution in [0.3, 0.4) is 0 Å². The quantitative estimate of drug-likeness (QED) is 0.644. The van der Waals surface area contributed by atoms with E-state index in [-0.39, 0.29) is 24.1 Å². The van der Waals surface area contributed by atoms with Crippen molar-refractivity contribution in [2.75, 3.05) is 29.9 Å². The van der Waals surface area contributed by atoms with Gasteiger partial charge in [-0.2, -0.15) is 0 Å². The van der Waals surface area contributed by atoms with Crippen LogP contribution in [0.2, 0.25) is 0 Å². The van der Waals surface area contributed by atoms with Crippen molar-refractivity contribution < 1.29 is 32.2 Å². The van der Waals surface area contributed by atoms with Gasteiger partial charge in [-0.05, 0) is 49.6 Å². The molecule has 0 aliphatic carbocycles. The summed E-state index contributed by atoms with van der Waals surface area (Å²) < 4.78 is 45.9. The summed E-state index contributed by atoms with van der Waals surface area (Å²) in [5, 5.41) is 10.7. The van der Waals surface area contributed by atoms with Crippen molar-refractivity contribution >= 4 is 23.5 Å². The number of esters is 1. The smallest absolute Gasteiger partial charge is 0.466 e. The van der Waals surface area contributed by atoms with Gasteiger partial charge in [0.1, 0.15) is 5.75 Å². The summed E-state index contributed by atoms with van der Waals surface area (Å²) in [7, 11) is 0. The number of amides is 1. The van der Waals surface area contributed by atoms with E-state index in [4.69, 9.17) is 4.74 Å². The maximum atomic E-state index is 12.3. The summed E-state index contributed by atoms with van der Waals surface area (Å²) in [5.74, 6) is -0.278. The van der Waals surface area contributed by atoms with Gasteiger partial charge < -0.3 is 19.7 Å². The molecule has 0 bridgehead atoms. The Morgan fingerprint density at radius 3 is 2.53 bits per heavy atom. The SMILES string of the molecule is CCOC(=O)C1CCN(c2ccc(NC(=O)Cc3cccc(OC(F)(F)F)c3)nn2)CC1. The van der Waals surface area contributed by atoms with Gasteiger partial charge in [-0.3, -0.25) is 9.59 Å². The van der Waals surface area contributed by atoms with Crippen molar-refractivity contribution in [3.05, 3.63) is 42.0 Å². The molecule has 2 aromatic rings. The Morgan fingerprint density at radius 1 is 1.16 bits per heavy atom. The third kappa shape index (κ3) is 6.82. The largest absolute Gasteiger partial charge is 0.573 e. The number of benzene rings is 1. The molecule has 0 atom stereocenters. The standard InChI is InChI=1S/C21H23F3N4O4/c1-2-31-20(30)15-8-10-28(11-9-15)18-7-6-17(26-27-18)25-19(29)13-14-4-3-5-16(12-14)32-21(22,23)24/h3-7,12,15H,2,8-11,13H2,1H3,(H,25,26,29). The van der Waals surface area contributed by atoms with Crippen LogP contribution in [0, 0.1) is 5.92 Å². The second-order valence-electron chi connectivity index (χ2n) is 7.21. The Labute approximate surface area is 182 Å². The monoisotopic (exact) mass is 452 g/mol. The highest BCUT2D eigenvalue weighted by molar-refractivity contribution is 5.91. The van der Waals surface area contributed by atoms with Crippen LogP contribution in [0.1, 0.15) is 25.3 Å². The second kappa shape index (κ2) is 10.3. The number of aromatic nitrogens is 2. The number of nitrogens with zero attached hydrogens (tertiary/aromatic N) is 3. The van der Waals surface area contributed by atoms with E-state index >= 15 is 0 Å². The second-order valence-corrected chi connectivity index (χ2v) is 7.21. The molecule has 1 aromatic carbocycles. The van der Waals surface area contributed by atoms with E-state index in [0.29, 0.717) is 43.9 Å². The molecule has 32 heavy (non-hydrogen) atoms. The summed E-state index contributed by atoms with van der Waals surface area (Å²) in [5.41, 5.74) is 0.360. The van der Waals surface area contributed by atoms with E-state index in [1.54, 1.807) is 19.1 Å². The van der Waals surface area contributed by atoms with E-state index in [0.717, 1.165) is 12.1 Å². The topological polar surface area (TPSA) is 93.7 Å². The molecule has 1 aromatic heterocycles. The van der Waals surface area contributed by atoms with Crippen molar-refractivity contribution in [1.29, 1.82) is 0 Å². The minimum absolute atomic E-state index is 0.113. The van der Waals surface area contributed by atoms with Crippen molar-refractivity contribution in [2.45, 2.75) is 32.5 Å². The number of carbonyl (C=O) groups is 2. The molecule has 0 saturated carbocycles. The molecular weight excluding hydrogens is 429 g/mol. The summed E-state index contributed by atoms with van der Waals surface area (Å²) in [6, 6.07) is 8.53. The molecule has 8 nitrogen and oxygen atoms in total. The van der Waals surface area contributed by atoms with Crippen LogP contribution in [-0.2, 0) is 20.7 Å². The molecule has 1 aliphatic rings. The molecule has 1 N–H and O–H groups in total. The zero-order valence-corrected chi connectivity index (χ0v) is 17.4. The first-order valence-electron chi connectivity index (χ1n) is 10.1. The van der Waals surface area contributed by atoms with Gasteiger partial charge in [-0.15, -0.1) is 23.4 Å². The van der Waals surface area contributed by atoms with Gasteiger partial charge in [0.15, 0.2) is 11.6 Å². The van der Waals surface area contributed by atoms with Crippen molar-refractivity contribution in [3.63, 3.8) is 0 Å². The number of rotatable bonds is 7. The first-order chi connectivity index (χ1) is 15.2. The number of hydrogen-bond donors (Lipinski definition) is 1. The zero-order valence-electron chi connectivity index (χ0n) is 17.4. The fourth-order valence-electron chi connectivity index (χ4n) is 3.39. The Bertz CT molecular complexity index is 929. The average molecular weight is 452 g/mol. The van der Waals surface area contributed by atoms with Crippen LogP contribution in [-0.4, -0.2) is 48.1 Å². The van der Waals surface area contributed by atoms with Crippen LogP contribution in [0.5, 0.6) is 5.75 Å². The lowest BCUT2D eigenvalue weighted by molar-refractivity contribution is -0.274. The number of halogens is 3. The maximum Gasteiger partial charge on any atom is 0.573 e. The number of nitrogens with one attached hydrogen (secondary N) is 1. The Morgan fingerprint density at radius 2 is 1.91 bits per heavy atom.